The van der Waals surface area contributed by atoms with Crippen molar-refractivity contribution in [3.8, 4) is 61.7 Å². The number of furan rings is 1. The van der Waals surface area contributed by atoms with Crippen LogP contribution >= 0.6 is 0 Å². The first-order chi connectivity index (χ1) is 36.4. The van der Waals surface area contributed by atoms with Gasteiger partial charge in [0, 0.05) is 49.6 Å². The molecule has 0 saturated heterocycles. The van der Waals surface area contributed by atoms with Crippen molar-refractivity contribution in [3.05, 3.63) is 229 Å². The Morgan fingerprint density at radius 3 is 1.92 bits per heavy atom. The van der Waals surface area contributed by atoms with E-state index < -0.39 is 14.0 Å². The summed E-state index contributed by atoms with van der Waals surface area (Å²) in [5, 5.41) is 5.00. The standard InChI is InChI=1S/C46H34FN2O.C23H26NSi.Ir/c1-28-18-21-35-36-16-11-17-37(44(36)50-41(35)24-28)45-48-42-34-22-20-33(47)25-31(34)19-23-40(42)49(45)43-38(29-12-7-5-8-13-29)26-32(46(2,3)4)27-39(43)30-14-9-6-10-15-30;1-17(2)21-15-22(24-16-23(21)25(3,4)5)20-13-9-12-19(14-20)18-10-7-6-8-11-18;/h5-16,18-27H,1-4H3;6-12,14-17H,1-5H3;/q2*-1;/i;17D;. The monoisotopic (exact) mass is 1190 g/mol. The number of hydrogen-bond acceptors (Lipinski definition) is 3. The first kappa shape index (κ1) is 50.6. The van der Waals surface area contributed by atoms with Crippen molar-refractivity contribution in [2.24, 2.45) is 0 Å². The van der Waals surface area contributed by atoms with Crippen molar-refractivity contribution in [1.82, 2.24) is 14.5 Å². The molecule has 0 unspecified atom stereocenters. The molecule has 0 fully saturated rings. The minimum absolute atomic E-state index is 0. The number of pyridine rings is 1. The van der Waals surface area contributed by atoms with Crippen LogP contribution in [0.3, 0.4) is 0 Å². The molecule has 0 aliphatic rings. The number of benzene rings is 9. The summed E-state index contributed by atoms with van der Waals surface area (Å²) in [6, 6.07) is 70.6. The van der Waals surface area contributed by atoms with E-state index in [1.54, 1.807) is 6.07 Å². The van der Waals surface area contributed by atoms with Crippen LogP contribution in [0.5, 0.6) is 0 Å². The number of nitrogens with zero attached hydrogens (tertiary/aromatic N) is 3. The van der Waals surface area contributed by atoms with Crippen molar-refractivity contribution >= 4 is 57.0 Å². The number of rotatable bonds is 8. The molecule has 0 bridgehead atoms. The zero-order valence-corrected chi connectivity index (χ0v) is 47.8. The normalized spacial score (nSPS) is 12.2. The van der Waals surface area contributed by atoms with E-state index in [1.807, 2.05) is 62.5 Å². The smallest absolute Gasteiger partial charge is 0.123 e. The maximum atomic E-state index is 14.5. The first-order valence-corrected chi connectivity index (χ1v) is 29.2. The fourth-order valence-electron chi connectivity index (χ4n) is 10.3. The Bertz CT molecular complexity index is 4070. The molecule has 0 saturated carbocycles. The Hall–Kier alpha value is -7.54. The van der Waals surface area contributed by atoms with Gasteiger partial charge in [0.25, 0.3) is 0 Å². The molecule has 0 spiro atoms. The average Bonchev–Trinajstić information content (AvgIpc) is 4.01. The average molecular weight is 1190 g/mol. The maximum absolute atomic E-state index is 14.5. The third kappa shape index (κ3) is 10.0. The quantitative estimate of drug-likeness (QED) is 0.112. The Balaban J connectivity index is 0.000000211. The number of imidazole rings is 1. The maximum Gasteiger partial charge on any atom is 0.123 e. The molecule has 12 rings (SSSR count). The van der Waals surface area contributed by atoms with Gasteiger partial charge in [0.05, 0.1) is 36.2 Å². The largest absolute Gasteiger partial charge is 0.501 e. The summed E-state index contributed by atoms with van der Waals surface area (Å²) in [5.74, 6) is -0.219. The van der Waals surface area contributed by atoms with Crippen LogP contribution in [0.2, 0.25) is 19.6 Å². The predicted molar refractivity (Wildman–Crippen MR) is 315 cm³/mol. The summed E-state index contributed by atoms with van der Waals surface area (Å²) < 4.78 is 32.1. The zero-order valence-electron chi connectivity index (χ0n) is 45.4. The van der Waals surface area contributed by atoms with Crippen LogP contribution in [-0.4, -0.2) is 22.6 Å². The number of aryl methyl sites for hydroxylation is 1. The fraction of sp³-hybridized carbons (Fsp3) is 0.159. The number of aromatic nitrogens is 3. The van der Waals surface area contributed by atoms with E-state index >= 15 is 0 Å². The second kappa shape index (κ2) is 20.9. The SMILES string of the molecule is Cc1ccc2c(c1)oc1c(-c3nc4c5ccc(F)cc5ccc4n3-c3c(-c4ccccc4)cc(C(C)(C)C)cc3-c3ccccc3)[c-]ccc12.[2H]C(C)(C)c1cc(-c2[c-]ccc(-c3ccccc3)c2)ncc1[Si](C)(C)C.[Ir]. The van der Waals surface area contributed by atoms with Gasteiger partial charge in [-0.25, -0.2) is 4.39 Å². The van der Waals surface area contributed by atoms with Crippen LogP contribution in [0.15, 0.2) is 199 Å². The van der Waals surface area contributed by atoms with Crippen LogP contribution in [0.1, 0.15) is 58.6 Å². The van der Waals surface area contributed by atoms with Crippen LogP contribution in [0, 0.1) is 24.9 Å². The molecule has 4 nitrogen and oxygen atoms in total. The van der Waals surface area contributed by atoms with E-state index in [4.69, 9.17) is 15.8 Å². The number of hydrogen-bond donors (Lipinski definition) is 0. The molecule has 7 heteroatoms. The summed E-state index contributed by atoms with van der Waals surface area (Å²) in [7, 11) is -1.57. The molecule has 0 N–H and O–H groups in total. The summed E-state index contributed by atoms with van der Waals surface area (Å²) in [5.41, 5.74) is 16.9. The molecule has 0 aliphatic carbocycles. The fourth-order valence-corrected chi connectivity index (χ4v) is 11.9. The van der Waals surface area contributed by atoms with E-state index in [2.05, 4.69) is 197 Å². The van der Waals surface area contributed by atoms with E-state index in [0.717, 1.165) is 105 Å². The van der Waals surface area contributed by atoms with Gasteiger partial charge >= 0.3 is 0 Å². The first-order valence-electron chi connectivity index (χ1n) is 26.2. The second-order valence-corrected chi connectivity index (χ2v) is 26.9. The van der Waals surface area contributed by atoms with Gasteiger partial charge < -0.3 is 14.0 Å². The minimum Gasteiger partial charge on any atom is -0.501 e. The molecular formula is C69H60FIrN3OSi-2. The van der Waals surface area contributed by atoms with Crippen molar-refractivity contribution in [3.63, 3.8) is 0 Å². The molecule has 0 aliphatic heterocycles. The summed E-state index contributed by atoms with van der Waals surface area (Å²) in [6.45, 7) is 19.7. The topological polar surface area (TPSA) is 43.9 Å². The van der Waals surface area contributed by atoms with Crippen LogP contribution in [0.25, 0.3) is 105 Å². The van der Waals surface area contributed by atoms with Crippen LogP contribution in [-0.2, 0) is 25.5 Å². The van der Waals surface area contributed by atoms with E-state index in [1.165, 1.54) is 22.4 Å². The van der Waals surface area contributed by atoms with E-state index in [0.29, 0.717) is 5.82 Å². The number of halogens is 1. The summed E-state index contributed by atoms with van der Waals surface area (Å²) >= 11 is 0. The molecule has 12 aromatic rings. The number of fused-ring (bicyclic) bond motifs is 6. The van der Waals surface area contributed by atoms with Gasteiger partial charge in [-0.1, -0.05) is 186 Å². The van der Waals surface area contributed by atoms with Crippen molar-refractivity contribution in [2.45, 2.75) is 72.5 Å². The molecule has 1 radical (unpaired) electrons. The van der Waals surface area contributed by atoms with Crippen molar-refractivity contribution < 1.29 is 30.3 Å². The summed E-state index contributed by atoms with van der Waals surface area (Å²) in [6.07, 6.45) is 2.00. The van der Waals surface area contributed by atoms with Crippen LogP contribution < -0.4 is 5.19 Å². The van der Waals surface area contributed by atoms with Gasteiger partial charge in [-0.3, -0.25) is 4.98 Å². The van der Waals surface area contributed by atoms with Crippen molar-refractivity contribution in [1.29, 1.82) is 0 Å². The van der Waals surface area contributed by atoms with E-state index in [-0.39, 0.29) is 31.3 Å². The Labute approximate surface area is 462 Å². The zero-order chi connectivity index (χ0) is 53.1. The minimum atomic E-state index is -1.57. The molecule has 0 atom stereocenters. The summed E-state index contributed by atoms with van der Waals surface area (Å²) in [4.78, 5) is 10.2. The Morgan fingerprint density at radius 1 is 0.658 bits per heavy atom. The molecule has 0 amide bonds. The Morgan fingerprint density at radius 2 is 1.29 bits per heavy atom. The van der Waals surface area contributed by atoms with Gasteiger partial charge in [-0.15, -0.1) is 53.6 Å². The third-order valence-corrected chi connectivity index (χ3v) is 16.2. The van der Waals surface area contributed by atoms with Gasteiger partial charge in [-0.05, 0) is 105 Å². The van der Waals surface area contributed by atoms with Gasteiger partial charge in [0.2, 0.25) is 0 Å². The van der Waals surface area contributed by atoms with Gasteiger partial charge in [0.15, 0.2) is 0 Å². The van der Waals surface area contributed by atoms with Gasteiger partial charge in [-0.2, -0.15) is 0 Å². The molecular weight excluding hydrogens is 1130 g/mol. The predicted octanol–water partition coefficient (Wildman–Crippen LogP) is 18.5. The third-order valence-electron chi connectivity index (χ3n) is 14.2. The molecule has 379 valence electrons. The molecule has 9 aromatic carbocycles. The van der Waals surface area contributed by atoms with E-state index in [9.17, 15) is 4.39 Å². The Kier molecular flexibility index (Phi) is 13.9. The van der Waals surface area contributed by atoms with Crippen LogP contribution in [0.4, 0.5) is 4.39 Å². The van der Waals surface area contributed by atoms with Gasteiger partial charge in [0.1, 0.15) is 11.4 Å². The molecule has 76 heavy (non-hydrogen) atoms. The van der Waals surface area contributed by atoms with Crippen molar-refractivity contribution in [2.75, 3.05) is 0 Å². The molecule has 3 heterocycles. The second-order valence-electron chi connectivity index (χ2n) is 21.9. The molecule has 3 aromatic heterocycles.